The largest absolute Gasteiger partial charge is 0.503 e. The van der Waals surface area contributed by atoms with Crippen molar-refractivity contribution in [2.45, 2.75) is 26.1 Å². The van der Waals surface area contributed by atoms with Gasteiger partial charge >= 0.3 is 0 Å². The summed E-state index contributed by atoms with van der Waals surface area (Å²) in [7, 11) is 0. The van der Waals surface area contributed by atoms with Gasteiger partial charge in [0.05, 0.1) is 6.20 Å². The molecule has 0 saturated heterocycles. The fourth-order valence-electron chi connectivity index (χ4n) is 2.78. The van der Waals surface area contributed by atoms with Gasteiger partial charge in [-0.2, -0.15) is 0 Å². The zero-order chi connectivity index (χ0) is 15.0. The lowest BCUT2D eigenvalue weighted by molar-refractivity contribution is 0.164. The van der Waals surface area contributed by atoms with Crippen LogP contribution in [0.25, 0.3) is 0 Å². The Morgan fingerprint density at radius 1 is 1.29 bits per heavy atom. The minimum Gasteiger partial charge on any atom is -0.503 e. The van der Waals surface area contributed by atoms with Gasteiger partial charge in [0.25, 0.3) is 0 Å². The quantitative estimate of drug-likeness (QED) is 0.928. The van der Waals surface area contributed by atoms with Crippen molar-refractivity contribution in [1.29, 1.82) is 0 Å². The number of fused-ring (bicyclic) bond motifs is 1. The first kappa shape index (κ1) is 14.2. The zero-order valence-corrected chi connectivity index (χ0v) is 12.5. The number of benzene rings is 1. The molecule has 1 aliphatic heterocycles. The molecule has 0 bridgehead atoms. The second-order valence-corrected chi connectivity index (χ2v) is 5.85. The second-order valence-electron chi connectivity index (χ2n) is 5.41. The molecule has 4 nitrogen and oxygen atoms in total. The van der Waals surface area contributed by atoms with Crippen LogP contribution in [-0.4, -0.2) is 21.1 Å². The Kier molecular flexibility index (Phi) is 3.74. The second kappa shape index (κ2) is 5.54. The van der Waals surface area contributed by atoms with Gasteiger partial charge in [-0.05, 0) is 24.6 Å². The molecule has 0 aliphatic carbocycles. The first-order valence-electron chi connectivity index (χ1n) is 6.96. The molecule has 2 heterocycles. The standard InChI is InChI=1S/C16H17ClN2O2/c1-11(12-3-2-4-13(17)7-12)18-5-6-19-10-16(21)15(20)8-14(19)9-18/h2-4,7-8,10-11,21H,5-6,9H2,1H3. The number of halogens is 1. The lowest BCUT2D eigenvalue weighted by Crippen LogP contribution is -2.36. The molecule has 21 heavy (non-hydrogen) atoms. The fraction of sp³-hybridized carbons (Fsp3) is 0.312. The van der Waals surface area contributed by atoms with Gasteiger partial charge in [-0.25, -0.2) is 0 Å². The van der Waals surface area contributed by atoms with Gasteiger partial charge in [0.2, 0.25) is 5.43 Å². The maximum absolute atomic E-state index is 11.6. The molecular formula is C16H17ClN2O2. The third kappa shape index (κ3) is 2.82. The van der Waals surface area contributed by atoms with Crippen LogP contribution in [-0.2, 0) is 13.1 Å². The topological polar surface area (TPSA) is 45.5 Å². The Bertz CT molecular complexity index is 726. The molecule has 0 amide bonds. The van der Waals surface area contributed by atoms with Gasteiger partial charge < -0.3 is 9.67 Å². The highest BCUT2D eigenvalue weighted by Crippen LogP contribution is 2.26. The maximum Gasteiger partial charge on any atom is 0.223 e. The Balaban J connectivity index is 1.86. The molecule has 3 rings (SSSR count). The number of nitrogens with zero attached hydrogens (tertiary/aromatic N) is 2. The minimum absolute atomic E-state index is 0.185. The van der Waals surface area contributed by atoms with E-state index >= 15 is 0 Å². The molecule has 0 fully saturated rings. The van der Waals surface area contributed by atoms with Crippen LogP contribution in [0.15, 0.2) is 41.3 Å². The normalized spacial score (nSPS) is 16.5. The minimum atomic E-state index is -0.321. The summed E-state index contributed by atoms with van der Waals surface area (Å²) in [6.07, 6.45) is 1.53. The molecule has 0 spiro atoms. The van der Waals surface area contributed by atoms with Crippen LogP contribution in [0.3, 0.4) is 0 Å². The number of aromatic nitrogens is 1. The van der Waals surface area contributed by atoms with E-state index in [9.17, 15) is 9.90 Å². The SMILES string of the molecule is CC(c1cccc(Cl)c1)N1CCn2cc(O)c(=O)cc2C1. The average molecular weight is 305 g/mol. The molecule has 1 atom stereocenters. The van der Waals surface area contributed by atoms with Crippen molar-refractivity contribution in [2.75, 3.05) is 6.54 Å². The van der Waals surface area contributed by atoms with Crippen LogP contribution >= 0.6 is 11.6 Å². The molecule has 0 radical (unpaired) electrons. The molecule has 2 aromatic rings. The summed E-state index contributed by atoms with van der Waals surface area (Å²) in [6.45, 7) is 4.44. The Morgan fingerprint density at radius 2 is 2.10 bits per heavy atom. The van der Waals surface area contributed by atoms with Crippen molar-refractivity contribution >= 4 is 11.6 Å². The molecule has 1 aliphatic rings. The summed E-state index contributed by atoms with van der Waals surface area (Å²) < 4.78 is 1.94. The van der Waals surface area contributed by atoms with E-state index in [-0.39, 0.29) is 17.2 Å². The summed E-state index contributed by atoms with van der Waals surface area (Å²) in [5.74, 6) is -0.185. The molecule has 1 aromatic carbocycles. The Morgan fingerprint density at radius 3 is 2.86 bits per heavy atom. The number of aromatic hydroxyl groups is 1. The summed E-state index contributed by atoms with van der Waals surface area (Å²) >= 11 is 6.06. The van der Waals surface area contributed by atoms with E-state index in [0.717, 1.165) is 29.4 Å². The van der Waals surface area contributed by atoms with Gasteiger partial charge in [-0.15, -0.1) is 0 Å². The van der Waals surface area contributed by atoms with E-state index < -0.39 is 0 Å². The predicted molar refractivity (Wildman–Crippen MR) is 82.6 cm³/mol. The van der Waals surface area contributed by atoms with Gasteiger partial charge in [-0.3, -0.25) is 9.69 Å². The molecule has 5 heteroatoms. The van der Waals surface area contributed by atoms with Gasteiger partial charge in [0, 0.05) is 42.5 Å². The Hall–Kier alpha value is -1.78. The van der Waals surface area contributed by atoms with Crippen LogP contribution in [0.1, 0.15) is 24.2 Å². The highest BCUT2D eigenvalue weighted by molar-refractivity contribution is 6.30. The molecule has 1 N–H and O–H groups in total. The number of pyridine rings is 1. The highest BCUT2D eigenvalue weighted by Gasteiger charge is 2.22. The molecule has 0 saturated carbocycles. The van der Waals surface area contributed by atoms with Crippen LogP contribution in [0.2, 0.25) is 5.02 Å². The number of rotatable bonds is 2. The average Bonchev–Trinajstić information content (AvgIpc) is 2.47. The van der Waals surface area contributed by atoms with Crippen LogP contribution in [0.5, 0.6) is 5.75 Å². The predicted octanol–water partition coefficient (Wildman–Crippen LogP) is 2.78. The van der Waals surface area contributed by atoms with Crippen molar-refractivity contribution in [2.24, 2.45) is 0 Å². The van der Waals surface area contributed by atoms with E-state index in [4.69, 9.17) is 11.6 Å². The Labute approximate surface area is 128 Å². The highest BCUT2D eigenvalue weighted by atomic mass is 35.5. The van der Waals surface area contributed by atoms with Crippen molar-refractivity contribution in [1.82, 2.24) is 9.47 Å². The first-order valence-corrected chi connectivity index (χ1v) is 7.34. The molecule has 1 unspecified atom stereocenters. The van der Waals surface area contributed by atoms with E-state index in [1.54, 1.807) is 0 Å². The van der Waals surface area contributed by atoms with Crippen molar-refractivity contribution in [3.05, 3.63) is 63.0 Å². The van der Waals surface area contributed by atoms with Crippen molar-refractivity contribution in [3.8, 4) is 5.75 Å². The number of hydrogen-bond acceptors (Lipinski definition) is 3. The van der Waals surface area contributed by atoms with Gasteiger partial charge in [0.15, 0.2) is 5.75 Å². The van der Waals surface area contributed by atoms with Crippen LogP contribution < -0.4 is 5.43 Å². The summed E-state index contributed by atoms with van der Waals surface area (Å²) in [4.78, 5) is 13.9. The van der Waals surface area contributed by atoms with E-state index in [1.807, 2.05) is 22.8 Å². The lowest BCUT2D eigenvalue weighted by atomic mass is 10.1. The van der Waals surface area contributed by atoms with Gasteiger partial charge in [0.1, 0.15) is 0 Å². The molecule has 1 aromatic heterocycles. The monoisotopic (exact) mass is 304 g/mol. The molecule has 110 valence electrons. The van der Waals surface area contributed by atoms with Crippen molar-refractivity contribution < 1.29 is 5.11 Å². The summed E-state index contributed by atoms with van der Waals surface area (Å²) in [5.41, 5.74) is 1.77. The van der Waals surface area contributed by atoms with E-state index in [0.29, 0.717) is 6.54 Å². The summed E-state index contributed by atoms with van der Waals surface area (Å²) in [5, 5.41) is 10.2. The van der Waals surface area contributed by atoms with E-state index in [1.165, 1.54) is 12.3 Å². The number of hydrogen-bond donors (Lipinski definition) is 1. The maximum atomic E-state index is 11.6. The first-order chi connectivity index (χ1) is 10.0. The third-order valence-electron chi connectivity index (χ3n) is 4.07. The fourth-order valence-corrected chi connectivity index (χ4v) is 2.98. The van der Waals surface area contributed by atoms with Crippen LogP contribution in [0.4, 0.5) is 0 Å². The smallest absolute Gasteiger partial charge is 0.223 e. The van der Waals surface area contributed by atoms with E-state index in [2.05, 4.69) is 17.9 Å². The van der Waals surface area contributed by atoms with Crippen LogP contribution in [0, 0.1) is 0 Å². The zero-order valence-electron chi connectivity index (χ0n) is 11.8. The third-order valence-corrected chi connectivity index (χ3v) is 4.30. The summed E-state index contributed by atoms with van der Waals surface area (Å²) in [6, 6.07) is 9.60. The molecular weight excluding hydrogens is 288 g/mol. The van der Waals surface area contributed by atoms with Gasteiger partial charge in [-0.1, -0.05) is 23.7 Å². The van der Waals surface area contributed by atoms with Crippen molar-refractivity contribution in [3.63, 3.8) is 0 Å². The lowest BCUT2D eigenvalue weighted by Gasteiger charge is -2.34.